The summed E-state index contributed by atoms with van der Waals surface area (Å²) < 4.78 is 10.7. The molecule has 0 aliphatic carbocycles. The Balaban J connectivity index is 1.40. The van der Waals surface area contributed by atoms with E-state index in [2.05, 4.69) is 17.6 Å². The molecule has 0 bridgehead atoms. The van der Waals surface area contributed by atoms with E-state index in [1.165, 1.54) is 0 Å². The summed E-state index contributed by atoms with van der Waals surface area (Å²) in [5.41, 5.74) is 0.662. The molecular formula is C20H27N3O4. The van der Waals surface area contributed by atoms with Crippen LogP contribution in [0.15, 0.2) is 18.2 Å². The zero-order valence-corrected chi connectivity index (χ0v) is 15.8. The lowest BCUT2D eigenvalue weighted by Gasteiger charge is -2.35. The molecule has 2 saturated heterocycles. The number of piperidine rings is 1. The third kappa shape index (κ3) is 3.74. The van der Waals surface area contributed by atoms with E-state index in [4.69, 9.17) is 9.47 Å². The van der Waals surface area contributed by atoms with Crippen molar-refractivity contribution in [2.45, 2.75) is 38.6 Å². The van der Waals surface area contributed by atoms with E-state index < -0.39 is 6.04 Å². The molecule has 146 valence electrons. The Labute approximate surface area is 159 Å². The zero-order chi connectivity index (χ0) is 18.9. The highest BCUT2D eigenvalue weighted by Crippen LogP contribution is 2.33. The van der Waals surface area contributed by atoms with Crippen LogP contribution in [0.4, 0.5) is 0 Å². The van der Waals surface area contributed by atoms with Crippen molar-refractivity contribution in [1.29, 1.82) is 0 Å². The molecule has 0 saturated carbocycles. The number of rotatable bonds is 4. The SMILES string of the molecule is CC1(CNC(=O)C2CCCN2C(=O)c2ccc3c(c2)OCO3)CCNCC1. The highest BCUT2D eigenvalue weighted by atomic mass is 16.7. The average Bonchev–Trinajstić information content (AvgIpc) is 3.35. The summed E-state index contributed by atoms with van der Waals surface area (Å²) in [6, 6.07) is 4.79. The van der Waals surface area contributed by atoms with E-state index in [1.54, 1.807) is 23.1 Å². The minimum absolute atomic E-state index is 0.0404. The molecule has 2 N–H and O–H groups in total. The lowest BCUT2D eigenvalue weighted by Crippen LogP contribution is -2.49. The van der Waals surface area contributed by atoms with Crippen LogP contribution in [0.2, 0.25) is 0 Å². The van der Waals surface area contributed by atoms with E-state index in [9.17, 15) is 9.59 Å². The first-order chi connectivity index (χ1) is 13.1. The van der Waals surface area contributed by atoms with Gasteiger partial charge in [0.05, 0.1) is 0 Å². The summed E-state index contributed by atoms with van der Waals surface area (Å²) in [5, 5.41) is 6.46. The fraction of sp³-hybridized carbons (Fsp3) is 0.600. The predicted molar refractivity (Wildman–Crippen MR) is 99.8 cm³/mol. The Morgan fingerprint density at radius 2 is 2.04 bits per heavy atom. The van der Waals surface area contributed by atoms with Gasteiger partial charge in [0, 0.05) is 18.7 Å². The summed E-state index contributed by atoms with van der Waals surface area (Å²) in [6.07, 6.45) is 3.66. The van der Waals surface area contributed by atoms with Crippen molar-refractivity contribution in [1.82, 2.24) is 15.5 Å². The first-order valence-corrected chi connectivity index (χ1v) is 9.75. The van der Waals surface area contributed by atoms with Crippen molar-refractivity contribution < 1.29 is 19.1 Å². The number of hydrogen-bond donors (Lipinski definition) is 2. The predicted octanol–water partition coefficient (Wildman–Crippen LogP) is 1.53. The largest absolute Gasteiger partial charge is 0.454 e. The average molecular weight is 373 g/mol. The molecule has 1 unspecified atom stereocenters. The summed E-state index contributed by atoms with van der Waals surface area (Å²) >= 11 is 0. The standard InChI is InChI=1S/C20H27N3O4/c1-20(6-8-21-9-7-20)12-22-18(24)15-3-2-10-23(15)19(25)14-4-5-16-17(11-14)27-13-26-16/h4-5,11,15,21H,2-3,6-10,12-13H2,1H3,(H,22,24). The molecule has 2 fully saturated rings. The van der Waals surface area contributed by atoms with Crippen molar-refractivity contribution in [2.75, 3.05) is 33.0 Å². The smallest absolute Gasteiger partial charge is 0.254 e. The number of amides is 2. The van der Waals surface area contributed by atoms with Crippen molar-refractivity contribution >= 4 is 11.8 Å². The van der Waals surface area contributed by atoms with Gasteiger partial charge in [0.2, 0.25) is 12.7 Å². The van der Waals surface area contributed by atoms with Crippen molar-refractivity contribution in [2.24, 2.45) is 5.41 Å². The second-order valence-electron chi connectivity index (χ2n) is 8.00. The van der Waals surface area contributed by atoms with Gasteiger partial charge in [-0.1, -0.05) is 6.92 Å². The molecule has 1 aromatic rings. The highest BCUT2D eigenvalue weighted by molar-refractivity contribution is 5.98. The van der Waals surface area contributed by atoms with E-state index >= 15 is 0 Å². The van der Waals surface area contributed by atoms with E-state index in [1.807, 2.05) is 0 Å². The van der Waals surface area contributed by atoms with Gasteiger partial charge in [-0.15, -0.1) is 0 Å². The number of fused-ring (bicyclic) bond motifs is 1. The van der Waals surface area contributed by atoms with Crippen LogP contribution in [0, 0.1) is 5.41 Å². The van der Waals surface area contributed by atoms with Crippen molar-refractivity contribution in [3.05, 3.63) is 23.8 Å². The van der Waals surface area contributed by atoms with Gasteiger partial charge in [0.15, 0.2) is 11.5 Å². The van der Waals surface area contributed by atoms with E-state index in [-0.39, 0.29) is 24.0 Å². The monoisotopic (exact) mass is 373 g/mol. The number of nitrogens with one attached hydrogen (secondary N) is 2. The summed E-state index contributed by atoms with van der Waals surface area (Å²) in [6.45, 7) is 5.64. The number of ether oxygens (including phenoxy) is 2. The molecule has 3 heterocycles. The van der Waals surface area contributed by atoms with Gasteiger partial charge < -0.3 is 25.0 Å². The molecule has 0 spiro atoms. The van der Waals surface area contributed by atoms with Crippen molar-refractivity contribution in [3.8, 4) is 11.5 Å². The van der Waals surface area contributed by atoms with Crippen LogP contribution in [0.3, 0.4) is 0 Å². The number of nitrogens with zero attached hydrogens (tertiary/aromatic N) is 1. The quantitative estimate of drug-likeness (QED) is 0.837. The van der Waals surface area contributed by atoms with Gasteiger partial charge in [-0.05, 0) is 62.4 Å². The number of carbonyl (C=O) groups excluding carboxylic acids is 2. The first kappa shape index (κ1) is 18.1. The molecule has 0 aromatic heterocycles. The lowest BCUT2D eigenvalue weighted by molar-refractivity contribution is -0.125. The molecule has 4 rings (SSSR count). The molecule has 2 amide bonds. The van der Waals surface area contributed by atoms with Gasteiger partial charge in [-0.3, -0.25) is 9.59 Å². The molecule has 1 atom stereocenters. The molecule has 3 aliphatic heterocycles. The molecule has 7 nitrogen and oxygen atoms in total. The van der Waals surface area contributed by atoms with E-state index in [0.717, 1.165) is 32.4 Å². The molecular weight excluding hydrogens is 346 g/mol. The van der Waals surface area contributed by atoms with Crippen LogP contribution in [0.5, 0.6) is 11.5 Å². The first-order valence-electron chi connectivity index (χ1n) is 9.75. The van der Waals surface area contributed by atoms with Crippen LogP contribution in [-0.4, -0.2) is 55.7 Å². The third-order valence-corrected chi connectivity index (χ3v) is 5.94. The minimum atomic E-state index is -0.395. The molecule has 0 radical (unpaired) electrons. The second-order valence-corrected chi connectivity index (χ2v) is 8.00. The van der Waals surface area contributed by atoms with Gasteiger partial charge in [0.25, 0.3) is 5.91 Å². The Hall–Kier alpha value is -2.28. The Morgan fingerprint density at radius 1 is 1.26 bits per heavy atom. The number of benzene rings is 1. The normalized spacial score (nSPS) is 23.3. The van der Waals surface area contributed by atoms with Crippen LogP contribution < -0.4 is 20.1 Å². The van der Waals surface area contributed by atoms with Crippen LogP contribution >= 0.6 is 0 Å². The molecule has 27 heavy (non-hydrogen) atoms. The van der Waals surface area contributed by atoms with Gasteiger partial charge in [0.1, 0.15) is 6.04 Å². The van der Waals surface area contributed by atoms with Gasteiger partial charge in [-0.2, -0.15) is 0 Å². The Morgan fingerprint density at radius 3 is 2.85 bits per heavy atom. The Bertz CT molecular complexity index is 730. The Kier molecular flexibility index (Phi) is 4.95. The van der Waals surface area contributed by atoms with Gasteiger partial charge in [-0.25, -0.2) is 0 Å². The molecule has 7 heteroatoms. The van der Waals surface area contributed by atoms with E-state index in [0.29, 0.717) is 36.6 Å². The highest BCUT2D eigenvalue weighted by Gasteiger charge is 2.36. The van der Waals surface area contributed by atoms with Crippen LogP contribution in [0.1, 0.15) is 43.0 Å². The minimum Gasteiger partial charge on any atom is -0.454 e. The number of hydrogen-bond acceptors (Lipinski definition) is 5. The van der Waals surface area contributed by atoms with Crippen LogP contribution in [-0.2, 0) is 4.79 Å². The maximum atomic E-state index is 13.0. The molecule has 1 aromatic carbocycles. The summed E-state index contributed by atoms with van der Waals surface area (Å²) in [5.74, 6) is 1.07. The fourth-order valence-corrected chi connectivity index (χ4v) is 4.10. The number of likely N-dealkylation sites (tertiary alicyclic amines) is 1. The molecule has 3 aliphatic rings. The van der Waals surface area contributed by atoms with Gasteiger partial charge >= 0.3 is 0 Å². The fourth-order valence-electron chi connectivity index (χ4n) is 4.10. The third-order valence-electron chi connectivity index (χ3n) is 5.94. The zero-order valence-electron chi connectivity index (χ0n) is 15.8. The topological polar surface area (TPSA) is 79.9 Å². The maximum absolute atomic E-state index is 13.0. The second kappa shape index (κ2) is 7.38. The van der Waals surface area contributed by atoms with Crippen LogP contribution in [0.25, 0.3) is 0 Å². The number of carbonyl (C=O) groups is 2. The lowest BCUT2D eigenvalue weighted by atomic mass is 9.81. The maximum Gasteiger partial charge on any atom is 0.254 e. The summed E-state index contributed by atoms with van der Waals surface area (Å²) in [4.78, 5) is 27.5. The van der Waals surface area contributed by atoms with Crippen molar-refractivity contribution in [3.63, 3.8) is 0 Å². The summed E-state index contributed by atoms with van der Waals surface area (Å²) in [7, 11) is 0.